The predicted molar refractivity (Wildman–Crippen MR) is 72.2 cm³/mol. The molecular formula is C12H20N2O4S. The number of carbonyl (C=O) groups excluding carboxylic acids is 1. The van der Waals surface area contributed by atoms with Gasteiger partial charge in [0, 0.05) is 37.8 Å². The van der Waals surface area contributed by atoms with Crippen LogP contribution in [0, 0.1) is 5.41 Å². The quantitative estimate of drug-likeness (QED) is 0.658. The number of amides is 1. The van der Waals surface area contributed by atoms with Gasteiger partial charge >= 0.3 is 5.97 Å². The maximum atomic E-state index is 12.0. The molecule has 0 aromatic carbocycles. The smallest absolute Gasteiger partial charge is 0.311 e. The van der Waals surface area contributed by atoms with E-state index in [1.54, 1.807) is 11.8 Å². The SMILES string of the molecule is O=C(NCC1(C(=O)O)CCOCC1)C1CSCCN1. The molecule has 6 nitrogen and oxygen atoms in total. The van der Waals surface area contributed by atoms with Crippen molar-refractivity contribution in [3.8, 4) is 0 Å². The van der Waals surface area contributed by atoms with Gasteiger partial charge < -0.3 is 20.5 Å². The molecule has 0 aliphatic carbocycles. The van der Waals surface area contributed by atoms with Gasteiger partial charge in [0.1, 0.15) is 0 Å². The average molecular weight is 288 g/mol. The van der Waals surface area contributed by atoms with Crippen molar-refractivity contribution in [2.45, 2.75) is 18.9 Å². The van der Waals surface area contributed by atoms with Gasteiger partial charge in [0.05, 0.1) is 11.5 Å². The molecule has 1 atom stereocenters. The lowest BCUT2D eigenvalue weighted by Gasteiger charge is -2.33. The molecule has 0 saturated carbocycles. The summed E-state index contributed by atoms with van der Waals surface area (Å²) in [6, 6.07) is -0.204. The number of hydrogen-bond donors (Lipinski definition) is 3. The minimum absolute atomic E-state index is 0.0979. The fourth-order valence-corrected chi connectivity index (χ4v) is 3.28. The van der Waals surface area contributed by atoms with Gasteiger partial charge in [-0.2, -0.15) is 11.8 Å². The summed E-state index contributed by atoms with van der Waals surface area (Å²) in [5.41, 5.74) is -0.865. The summed E-state index contributed by atoms with van der Waals surface area (Å²) in [6.45, 7) is 1.90. The molecule has 0 aromatic rings. The Kier molecular flexibility index (Phi) is 5.06. The second-order valence-electron chi connectivity index (χ2n) is 5.00. The summed E-state index contributed by atoms with van der Waals surface area (Å²) in [7, 11) is 0. The van der Waals surface area contributed by atoms with E-state index in [1.807, 2.05) is 0 Å². The first-order valence-corrected chi connectivity index (χ1v) is 7.69. The molecule has 19 heavy (non-hydrogen) atoms. The third-order valence-corrected chi connectivity index (χ3v) is 4.80. The van der Waals surface area contributed by atoms with Crippen LogP contribution >= 0.6 is 11.8 Å². The molecule has 1 amide bonds. The van der Waals surface area contributed by atoms with Crippen LogP contribution in [0.1, 0.15) is 12.8 Å². The van der Waals surface area contributed by atoms with Crippen molar-refractivity contribution in [1.29, 1.82) is 0 Å². The minimum atomic E-state index is -0.865. The topological polar surface area (TPSA) is 87.7 Å². The number of nitrogens with one attached hydrogen (secondary N) is 2. The largest absolute Gasteiger partial charge is 0.481 e. The number of aliphatic carboxylic acids is 1. The summed E-state index contributed by atoms with van der Waals surface area (Å²) in [4.78, 5) is 23.4. The molecule has 0 bridgehead atoms. The maximum Gasteiger partial charge on any atom is 0.311 e. The number of ether oxygens (including phenoxy) is 1. The molecule has 0 aromatic heterocycles. The first-order chi connectivity index (χ1) is 9.14. The zero-order valence-corrected chi connectivity index (χ0v) is 11.6. The molecule has 2 aliphatic heterocycles. The average Bonchev–Trinajstić information content (AvgIpc) is 2.46. The molecule has 2 saturated heterocycles. The van der Waals surface area contributed by atoms with Crippen molar-refractivity contribution in [3.05, 3.63) is 0 Å². The molecule has 7 heteroatoms. The van der Waals surface area contributed by atoms with E-state index in [0.29, 0.717) is 26.1 Å². The highest BCUT2D eigenvalue weighted by molar-refractivity contribution is 7.99. The van der Waals surface area contributed by atoms with E-state index >= 15 is 0 Å². The highest BCUT2D eigenvalue weighted by Crippen LogP contribution is 2.30. The number of carbonyl (C=O) groups is 2. The fraction of sp³-hybridized carbons (Fsp3) is 0.833. The van der Waals surface area contributed by atoms with Gasteiger partial charge in [-0.05, 0) is 12.8 Å². The minimum Gasteiger partial charge on any atom is -0.481 e. The van der Waals surface area contributed by atoms with Crippen LogP contribution < -0.4 is 10.6 Å². The fourth-order valence-electron chi connectivity index (χ4n) is 2.34. The van der Waals surface area contributed by atoms with E-state index in [-0.39, 0.29) is 18.5 Å². The zero-order chi connectivity index (χ0) is 13.7. The lowest BCUT2D eigenvalue weighted by molar-refractivity contribution is -0.154. The standard InChI is InChI=1S/C12H20N2O4S/c15-10(9-7-19-6-3-13-9)14-8-12(11(16)17)1-4-18-5-2-12/h9,13H,1-8H2,(H,14,15)(H,16,17). The molecule has 2 rings (SSSR count). The molecule has 3 N–H and O–H groups in total. The van der Waals surface area contributed by atoms with Crippen LogP contribution in [0.2, 0.25) is 0 Å². The van der Waals surface area contributed by atoms with E-state index in [1.165, 1.54) is 0 Å². The number of thioether (sulfide) groups is 1. The highest BCUT2D eigenvalue weighted by atomic mass is 32.2. The van der Waals surface area contributed by atoms with E-state index in [4.69, 9.17) is 4.74 Å². The summed E-state index contributed by atoms with van der Waals surface area (Å²) in [5.74, 6) is 0.816. The van der Waals surface area contributed by atoms with E-state index < -0.39 is 11.4 Å². The second-order valence-corrected chi connectivity index (χ2v) is 6.15. The van der Waals surface area contributed by atoms with Crippen LogP contribution in [0.3, 0.4) is 0 Å². The number of hydrogen-bond acceptors (Lipinski definition) is 5. The van der Waals surface area contributed by atoms with Crippen molar-refractivity contribution in [2.75, 3.05) is 37.8 Å². The Bertz CT molecular complexity index is 339. The lowest BCUT2D eigenvalue weighted by atomic mass is 9.80. The Morgan fingerprint density at radius 2 is 2.16 bits per heavy atom. The first kappa shape index (κ1) is 14.6. The zero-order valence-electron chi connectivity index (χ0n) is 10.8. The Morgan fingerprint density at radius 1 is 1.42 bits per heavy atom. The third kappa shape index (κ3) is 3.61. The third-order valence-electron chi connectivity index (χ3n) is 3.74. The van der Waals surface area contributed by atoms with Crippen LogP contribution in [0.5, 0.6) is 0 Å². The molecule has 0 radical (unpaired) electrons. The van der Waals surface area contributed by atoms with Gasteiger partial charge in [0.25, 0.3) is 0 Å². The van der Waals surface area contributed by atoms with Crippen LogP contribution in [0.25, 0.3) is 0 Å². The molecule has 2 aliphatic rings. The highest BCUT2D eigenvalue weighted by Gasteiger charge is 2.40. The van der Waals surface area contributed by atoms with Gasteiger partial charge in [-0.25, -0.2) is 0 Å². The Balaban J connectivity index is 1.87. The van der Waals surface area contributed by atoms with Gasteiger partial charge in [-0.1, -0.05) is 0 Å². The normalized spacial score (nSPS) is 26.6. The van der Waals surface area contributed by atoms with Crippen molar-refractivity contribution >= 4 is 23.6 Å². The van der Waals surface area contributed by atoms with Crippen molar-refractivity contribution in [1.82, 2.24) is 10.6 Å². The summed E-state index contributed by atoms with van der Waals surface area (Å²) in [5, 5.41) is 15.3. The van der Waals surface area contributed by atoms with Gasteiger partial charge in [0.2, 0.25) is 5.91 Å². The molecule has 108 valence electrons. The predicted octanol–water partition coefficient (Wildman–Crippen LogP) is -0.311. The number of carboxylic acids is 1. The Labute approximate surface area is 116 Å². The Hall–Kier alpha value is -0.790. The monoisotopic (exact) mass is 288 g/mol. The van der Waals surface area contributed by atoms with Gasteiger partial charge in [-0.15, -0.1) is 0 Å². The molecule has 2 fully saturated rings. The number of carboxylic acid groups (broad SMARTS) is 1. The van der Waals surface area contributed by atoms with E-state index in [9.17, 15) is 14.7 Å². The van der Waals surface area contributed by atoms with Crippen molar-refractivity contribution < 1.29 is 19.4 Å². The maximum absolute atomic E-state index is 12.0. The summed E-state index contributed by atoms with van der Waals surface area (Å²) < 4.78 is 5.21. The number of rotatable bonds is 4. The van der Waals surface area contributed by atoms with E-state index in [0.717, 1.165) is 18.1 Å². The molecule has 2 heterocycles. The van der Waals surface area contributed by atoms with Gasteiger partial charge in [0.15, 0.2) is 0 Å². The van der Waals surface area contributed by atoms with Gasteiger partial charge in [-0.3, -0.25) is 9.59 Å². The first-order valence-electron chi connectivity index (χ1n) is 6.54. The lowest BCUT2D eigenvalue weighted by Crippen LogP contribution is -2.53. The van der Waals surface area contributed by atoms with Crippen molar-refractivity contribution in [3.63, 3.8) is 0 Å². The van der Waals surface area contributed by atoms with E-state index in [2.05, 4.69) is 10.6 Å². The molecule has 1 unspecified atom stereocenters. The van der Waals surface area contributed by atoms with Crippen LogP contribution in [-0.4, -0.2) is 60.8 Å². The summed E-state index contributed by atoms with van der Waals surface area (Å²) in [6.07, 6.45) is 0.908. The van der Waals surface area contributed by atoms with Crippen LogP contribution in [0.4, 0.5) is 0 Å². The van der Waals surface area contributed by atoms with Crippen LogP contribution in [0.15, 0.2) is 0 Å². The molecular weight excluding hydrogens is 268 g/mol. The molecule has 0 spiro atoms. The van der Waals surface area contributed by atoms with Crippen molar-refractivity contribution in [2.24, 2.45) is 5.41 Å². The second kappa shape index (κ2) is 6.58. The summed E-state index contributed by atoms with van der Waals surface area (Å²) >= 11 is 1.74. The Morgan fingerprint density at radius 3 is 2.74 bits per heavy atom. The van der Waals surface area contributed by atoms with Crippen LogP contribution in [-0.2, 0) is 14.3 Å².